The maximum atomic E-state index is 12.1. The maximum absolute atomic E-state index is 12.1. The number of halogens is 3. The fraction of sp³-hybridized carbons (Fsp3) is 0.714. The largest absolute Gasteiger partial charge is 0.411 e. The minimum absolute atomic E-state index is 0.0711. The van der Waals surface area contributed by atoms with Crippen molar-refractivity contribution in [2.45, 2.75) is 31.9 Å². The first kappa shape index (κ1) is 17.0. The molecule has 0 spiro atoms. The standard InChI is InChI=1S/C14H20F3N3O2/c15-14(16,17)9-22-8-6-20(5-7-21)13-11-3-1-2-4-12(11)18-10-19-13/h10,21H,1-9H2. The Morgan fingerprint density at radius 2 is 1.95 bits per heavy atom. The van der Waals surface area contributed by atoms with Gasteiger partial charge in [-0.15, -0.1) is 0 Å². The lowest BCUT2D eigenvalue weighted by molar-refractivity contribution is -0.173. The Hall–Kier alpha value is -1.41. The molecule has 22 heavy (non-hydrogen) atoms. The Labute approximate surface area is 127 Å². The van der Waals surface area contributed by atoms with Crippen LogP contribution >= 0.6 is 0 Å². The molecule has 0 atom stereocenters. The second-order valence-corrected chi connectivity index (χ2v) is 5.21. The first-order chi connectivity index (χ1) is 10.5. The Kier molecular flexibility index (Phi) is 5.96. The van der Waals surface area contributed by atoms with Crippen LogP contribution < -0.4 is 4.90 Å². The predicted molar refractivity (Wildman–Crippen MR) is 74.8 cm³/mol. The number of aryl methyl sites for hydroxylation is 1. The number of fused-ring (bicyclic) bond motifs is 1. The van der Waals surface area contributed by atoms with E-state index >= 15 is 0 Å². The molecule has 0 saturated heterocycles. The zero-order chi connectivity index (χ0) is 16.0. The van der Waals surface area contributed by atoms with Gasteiger partial charge in [0.05, 0.1) is 13.2 Å². The normalized spacial score (nSPS) is 14.7. The number of anilines is 1. The van der Waals surface area contributed by atoms with Gasteiger partial charge in [-0.3, -0.25) is 0 Å². The predicted octanol–water partition coefficient (Wildman–Crippen LogP) is 1.73. The average molecular weight is 319 g/mol. The number of hydrogen-bond donors (Lipinski definition) is 1. The summed E-state index contributed by atoms with van der Waals surface area (Å²) in [7, 11) is 0. The van der Waals surface area contributed by atoms with E-state index in [4.69, 9.17) is 0 Å². The zero-order valence-electron chi connectivity index (χ0n) is 12.3. The van der Waals surface area contributed by atoms with Crippen molar-refractivity contribution in [3.05, 3.63) is 17.6 Å². The van der Waals surface area contributed by atoms with Crippen LogP contribution in [0, 0.1) is 0 Å². The van der Waals surface area contributed by atoms with Crippen LogP contribution in [0.15, 0.2) is 6.33 Å². The molecule has 1 heterocycles. The number of aliphatic hydroxyl groups excluding tert-OH is 1. The van der Waals surface area contributed by atoms with Crippen LogP contribution in [0.4, 0.5) is 19.0 Å². The third kappa shape index (κ3) is 4.81. The molecule has 124 valence electrons. The molecule has 1 aromatic heterocycles. The van der Waals surface area contributed by atoms with Gasteiger partial charge in [0, 0.05) is 24.3 Å². The Bertz CT molecular complexity index is 483. The lowest BCUT2D eigenvalue weighted by Gasteiger charge is -2.27. The molecule has 1 aliphatic carbocycles. The monoisotopic (exact) mass is 319 g/mol. The minimum Gasteiger partial charge on any atom is -0.395 e. The summed E-state index contributed by atoms with van der Waals surface area (Å²) in [5, 5.41) is 9.18. The molecule has 1 N–H and O–H groups in total. The van der Waals surface area contributed by atoms with Gasteiger partial charge in [0.2, 0.25) is 0 Å². The quantitative estimate of drug-likeness (QED) is 0.776. The summed E-state index contributed by atoms with van der Waals surface area (Å²) >= 11 is 0. The number of hydrogen-bond acceptors (Lipinski definition) is 5. The molecule has 0 aliphatic heterocycles. The summed E-state index contributed by atoms with van der Waals surface area (Å²) in [5.74, 6) is 0.703. The fourth-order valence-corrected chi connectivity index (χ4v) is 2.58. The van der Waals surface area contributed by atoms with Gasteiger partial charge >= 0.3 is 6.18 Å². The van der Waals surface area contributed by atoms with Crippen molar-refractivity contribution in [1.82, 2.24) is 9.97 Å². The summed E-state index contributed by atoms with van der Waals surface area (Å²) < 4.78 is 40.9. The van der Waals surface area contributed by atoms with E-state index in [1.165, 1.54) is 6.33 Å². The van der Waals surface area contributed by atoms with Crippen molar-refractivity contribution in [2.75, 3.05) is 37.8 Å². The number of rotatable bonds is 7. The smallest absolute Gasteiger partial charge is 0.395 e. The Morgan fingerprint density at radius 1 is 1.18 bits per heavy atom. The van der Waals surface area contributed by atoms with Gasteiger partial charge in [0.15, 0.2) is 0 Å². The van der Waals surface area contributed by atoms with Crippen molar-refractivity contribution >= 4 is 5.82 Å². The Morgan fingerprint density at radius 3 is 2.68 bits per heavy atom. The second kappa shape index (κ2) is 7.73. The van der Waals surface area contributed by atoms with E-state index in [1.807, 2.05) is 0 Å². The topological polar surface area (TPSA) is 58.5 Å². The van der Waals surface area contributed by atoms with Gasteiger partial charge < -0.3 is 14.7 Å². The van der Waals surface area contributed by atoms with Crippen LogP contribution in [0.25, 0.3) is 0 Å². The van der Waals surface area contributed by atoms with E-state index in [2.05, 4.69) is 14.7 Å². The highest BCUT2D eigenvalue weighted by molar-refractivity contribution is 5.49. The molecule has 0 unspecified atom stereocenters. The van der Waals surface area contributed by atoms with E-state index in [-0.39, 0.29) is 19.8 Å². The van der Waals surface area contributed by atoms with Gasteiger partial charge in [-0.25, -0.2) is 9.97 Å². The minimum atomic E-state index is -4.32. The summed E-state index contributed by atoms with van der Waals surface area (Å²) in [6.45, 7) is -0.878. The molecule has 0 fully saturated rings. The van der Waals surface area contributed by atoms with E-state index in [9.17, 15) is 18.3 Å². The van der Waals surface area contributed by atoms with Crippen LogP contribution in [-0.4, -0.2) is 54.2 Å². The number of alkyl halides is 3. The molecule has 5 nitrogen and oxygen atoms in total. The molecule has 1 aliphatic rings. The second-order valence-electron chi connectivity index (χ2n) is 5.21. The lowest BCUT2D eigenvalue weighted by Crippen LogP contribution is -2.33. The van der Waals surface area contributed by atoms with E-state index in [1.54, 1.807) is 4.90 Å². The highest BCUT2D eigenvalue weighted by atomic mass is 19.4. The number of nitrogens with zero attached hydrogens (tertiary/aromatic N) is 3. The summed E-state index contributed by atoms with van der Waals surface area (Å²) in [5.41, 5.74) is 2.04. The van der Waals surface area contributed by atoms with Crippen molar-refractivity contribution in [2.24, 2.45) is 0 Å². The summed E-state index contributed by atoms with van der Waals surface area (Å²) in [4.78, 5) is 10.3. The molecule has 0 aromatic carbocycles. The van der Waals surface area contributed by atoms with Crippen molar-refractivity contribution in [3.8, 4) is 0 Å². The molecule has 0 bridgehead atoms. The molecule has 0 radical (unpaired) electrons. The van der Waals surface area contributed by atoms with E-state index in [0.29, 0.717) is 12.4 Å². The van der Waals surface area contributed by atoms with Gasteiger partial charge in [-0.2, -0.15) is 13.2 Å². The van der Waals surface area contributed by atoms with Crippen molar-refractivity contribution in [1.29, 1.82) is 0 Å². The average Bonchev–Trinajstić information content (AvgIpc) is 2.49. The first-order valence-electron chi connectivity index (χ1n) is 7.34. The van der Waals surface area contributed by atoms with Crippen molar-refractivity contribution < 1.29 is 23.0 Å². The SMILES string of the molecule is OCCN(CCOCC(F)(F)F)c1ncnc2c1CCCC2. The van der Waals surface area contributed by atoms with Gasteiger partial charge in [0.25, 0.3) is 0 Å². The Balaban J connectivity index is 2.01. The first-order valence-corrected chi connectivity index (χ1v) is 7.34. The third-order valence-electron chi connectivity index (χ3n) is 3.54. The fourth-order valence-electron chi connectivity index (χ4n) is 2.58. The number of aliphatic hydroxyl groups is 1. The van der Waals surface area contributed by atoms with Crippen molar-refractivity contribution in [3.63, 3.8) is 0 Å². The third-order valence-corrected chi connectivity index (χ3v) is 3.54. The molecular formula is C14H20F3N3O2. The molecule has 0 amide bonds. The zero-order valence-corrected chi connectivity index (χ0v) is 12.3. The summed E-state index contributed by atoms with van der Waals surface area (Å²) in [6.07, 6.45) is 1.03. The lowest BCUT2D eigenvalue weighted by atomic mass is 9.96. The molecule has 0 saturated carbocycles. The highest BCUT2D eigenvalue weighted by Gasteiger charge is 2.27. The van der Waals surface area contributed by atoms with Crippen LogP contribution in [-0.2, 0) is 17.6 Å². The molecule has 8 heteroatoms. The molecule has 1 aromatic rings. The number of ether oxygens (including phenoxy) is 1. The van der Waals surface area contributed by atoms with Crippen LogP contribution in [0.1, 0.15) is 24.1 Å². The van der Waals surface area contributed by atoms with Gasteiger partial charge in [-0.05, 0) is 25.7 Å². The molecule has 2 rings (SSSR count). The van der Waals surface area contributed by atoms with Crippen LogP contribution in [0.5, 0.6) is 0 Å². The van der Waals surface area contributed by atoms with E-state index in [0.717, 1.165) is 36.9 Å². The van der Waals surface area contributed by atoms with Crippen LogP contribution in [0.2, 0.25) is 0 Å². The maximum Gasteiger partial charge on any atom is 0.411 e. The highest BCUT2D eigenvalue weighted by Crippen LogP contribution is 2.26. The van der Waals surface area contributed by atoms with Gasteiger partial charge in [0.1, 0.15) is 18.8 Å². The van der Waals surface area contributed by atoms with E-state index < -0.39 is 12.8 Å². The molecular weight excluding hydrogens is 299 g/mol. The van der Waals surface area contributed by atoms with Gasteiger partial charge in [-0.1, -0.05) is 0 Å². The number of aromatic nitrogens is 2. The van der Waals surface area contributed by atoms with Crippen LogP contribution in [0.3, 0.4) is 0 Å². The summed E-state index contributed by atoms with van der Waals surface area (Å²) in [6, 6.07) is 0.